The highest BCUT2D eigenvalue weighted by Gasteiger charge is 2.09. The molecule has 0 bridgehead atoms. The number of carbonyl (C=O) groups excluding carboxylic acids is 5. The lowest BCUT2D eigenvalue weighted by atomic mass is 10.0. The molecule has 4 amide bonds. The average Bonchev–Trinajstić information content (AvgIpc) is 3.24. The molecule has 0 spiro atoms. The molecule has 0 radical (unpaired) electrons. The van der Waals surface area contributed by atoms with E-state index >= 15 is 0 Å². The number of nitrogens with one attached hydrogen (secondary N) is 4. The number of ether oxygens (including phenoxy) is 2. The van der Waals surface area contributed by atoms with Gasteiger partial charge in [-0.1, -0.05) is 80.3 Å². The lowest BCUT2D eigenvalue weighted by Gasteiger charge is -2.10. The van der Waals surface area contributed by atoms with Gasteiger partial charge in [0.05, 0.1) is 0 Å². The smallest absolute Gasteiger partial charge is 0.306 e. The fourth-order valence-electron chi connectivity index (χ4n) is 6.08. The highest BCUT2D eigenvalue weighted by atomic mass is 16.5. The summed E-state index contributed by atoms with van der Waals surface area (Å²) in [6.45, 7) is 2.32. The lowest BCUT2D eigenvalue weighted by molar-refractivity contribution is -0.145. The molecule has 0 fully saturated rings. The third-order valence-corrected chi connectivity index (χ3v) is 9.46. The Kier molecular flexibility index (Phi) is 23.8. The summed E-state index contributed by atoms with van der Waals surface area (Å²) < 4.78 is 10.9. The van der Waals surface area contributed by atoms with Crippen LogP contribution in [-0.2, 0) is 35.3 Å². The third-order valence-electron chi connectivity index (χ3n) is 9.46. The molecule has 0 aliphatic rings. The molecule has 0 atom stereocenters. The standard InChI is InChI=1S/C46H62N4O9/c51-41(47-29-13-4-10-23-44(54)55)21-8-2-12-31-49-43(53)35-58-40-27-25-37(26-28-40)38-19-16-20-39(33-38)46(57)50-32-15-3-9-22-42(52)48-30-14-5-11-24-45(56)59-34-36-17-6-1-7-18-36/h1,6-7,16-20,25-28,33H,2-5,8-15,21-24,29-32,34-35H2,(H,47,51)(H,48,52)(H,49,53)(H,50,57)(H,54,55). The SMILES string of the molecule is O=C(O)CCCCCNC(=O)CCCCCNC(=O)COc1ccc(-c2cccc(C(=O)NCCCCCC(=O)NCCCCCC(=O)OCc3ccccc3)c2)cc1. The Balaban J connectivity index is 1.18. The van der Waals surface area contributed by atoms with Gasteiger partial charge < -0.3 is 35.8 Å². The van der Waals surface area contributed by atoms with Crippen molar-refractivity contribution < 1.29 is 43.3 Å². The summed E-state index contributed by atoms with van der Waals surface area (Å²) in [5.74, 6) is -0.846. The normalized spacial score (nSPS) is 10.6. The van der Waals surface area contributed by atoms with E-state index in [0.717, 1.165) is 87.3 Å². The summed E-state index contributed by atoms with van der Waals surface area (Å²) in [6, 6.07) is 24.3. The van der Waals surface area contributed by atoms with Crippen LogP contribution in [0.4, 0.5) is 0 Å². The van der Waals surface area contributed by atoms with Gasteiger partial charge in [0.25, 0.3) is 11.8 Å². The number of carboxylic acids is 1. The molecule has 0 aliphatic heterocycles. The fraction of sp³-hybridized carbons (Fsp3) is 0.478. The Morgan fingerprint density at radius 3 is 1.63 bits per heavy atom. The highest BCUT2D eigenvalue weighted by Crippen LogP contribution is 2.23. The molecule has 13 nitrogen and oxygen atoms in total. The number of esters is 1. The predicted octanol–water partition coefficient (Wildman–Crippen LogP) is 6.88. The maximum Gasteiger partial charge on any atom is 0.306 e. The maximum atomic E-state index is 12.8. The number of carboxylic acid groups (broad SMARTS) is 1. The zero-order chi connectivity index (χ0) is 42.3. The minimum Gasteiger partial charge on any atom is -0.484 e. The van der Waals surface area contributed by atoms with Crippen molar-refractivity contribution in [3.8, 4) is 16.9 Å². The van der Waals surface area contributed by atoms with Gasteiger partial charge in [-0.05, 0) is 92.3 Å². The molecule has 0 heterocycles. The molecule has 3 rings (SSSR count). The Labute approximate surface area is 348 Å². The predicted molar refractivity (Wildman–Crippen MR) is 226 cm³/mol. The monoisotopic (exact) mass is 814 g/mol. The third kappa shape index (κ3) is 22.7. The number of unbranched alkanes of at least 4 members (excludes halogenated alkanes) is 8. The number of carbonyl (C=O) groups is 6. The Morgan fingerprint density at radius 2 is 1.03 bits per heavy atom. The minimum atomic E-state index is -0.799. The molecule has 13 heteroatoms. The van der Waals surface area contributed by atoms with Crippen LogP contribution in [-0.4, -0.2) is 73.5 Å². The van der Waals surface area contributed by atoms with E-state index in [0.29, 0.717) is 63.2 Å². The first-order valence-corrected chi connectivity index (χ1v) is 21.0. The van der Waals surface area contributed by atoms with Crippen LogP contribution < -0.4 is 26.0 Å². The molecule has 0 aromatic heterocycles. The molecular formula is C46H62N4O9. The van der Waals surface area contributed by atoms with Crippen LogP contribution in [0.25, 0.3) is 11.1 Å². The van der Waals surface area contributed by atoms with E-state index in [2.05, 4.69) is 21.3 Å². The summed E-state index contributed by atoms with van der Waals surface area (Å²) >= 11 is 0. The van der Waals surface area contributed by atoms with Crippen molar-refractivity contribution in [2.45, 2.75) is 109 Å². The number of benzene rings is 3. The van der Waals surface area contributed by atoms with E-state index in [9.17, 15) is 28.8 Å². The van der Waals surface area contributed by atoms with Crippen LogP contribution >= 0.6 is 0 Å². The topological polar surface area (TPSA) is 189 Å². The first-order chi connectivity index (χ1) is 28.7. The molecule has 0 aliphatic carbocycles. The van der Waals surface area contributed by atoms with Gasteiger partial charge >= 0.3 is 11.9 Å². The van der Waals surface area contributed by atoms with Crippen LogP contribution in [0.2, 0.25) is 0 Å². The fourth-order valence-corrected chi connectivity index (χ4v) is 6.08. The largest absolute Gasteiger partial charge is 0.484 e. The molecular weight excluding hydrogens is 753 g/mol. The van der Waals surface area contributed by atoms with Crippen molar-refractivity contribution in [2.75, 3.05) is 32.8 Å². The van der Waals surface area contributed by atoms with Crippen molar-refractivity contribution in [2.24, 2.45) is 0 Å². The number of hydrogen-bond donors (Lipinski definition) is 5. The molecule has 3 aromatic carbocycles. The van der Waals surface area contributed by atoms with Gasteiger partial charge in [-0.25, -0.2) is 0 Å². The lowest BCUT2D eigenvalue weighted by Crippen LogP contribution is -2.29. The number of amides is 4. The molecule has 5 N–H and O–H groups in total. The van der Waals surface area contributed by atoms with Crippen molar-refractivity contribution in [3.05, 3.63) is 90.0 Å². The van der Waals surface area contributed by atoms with E-state index in [1.54, 1.807) is 18.2 Å². The summed E-state index contributed by atoms with van der Waals surface area (Å²) in [6.07, 6.45) is 10.5. The molecule has 3 aromatic rings. The average molecular weight is 815 g/mol. The number of rotatable bonds is 31. The zero-order valence-electron chi connectivity index (χ0n) is 34.3. The van der Waals surface area contributed by atoms with Gasteiger partial charge in [0, 0.05) is 57.4 Å². The van der Waals surface area contributed by atoms with Gasteiger partial charge in [-0.2, -0.15) is 0 Å². The van der Waals surface area contributed by atoms with Crippen LogP contribution in [0.5, 0.6) is 5.75 Å². The van der Waals surface area contributed by atoms with Crippen molar-refractivity contribution in [1.82, 2.24) is 21.3 Å². The summed E-state index contributed by atoms with van der Waals surface area (Å²) in [7, 11) is 0. The zero-order valence-corrected chi connectivity index (χ0v) is 34.3. The van der Waals surface area contributed by atoms with Crippen molar-refractivity contribution in [1.29, 1.82) is 0 Å². The molecule has 59 heavy (non-hydrogen) atoms. The van der Waals surface area contributed by atoms with Crippen LogP contribution in [0.3, 0.4) is 0 Å². The van der Waals surface area contributed by atoms with E-state index in [1.807, 2.05) is 60.7 Å². The van der Waals surface area contributed by atoms with E-state index in [1.165, 1.54) is 0 Å². The van der Waals surface area contributed by atoms with E-state index in [4.69, 9.17) is 14.6 Å². The first kappa shape index (κ1) is 47.7. The highest BCUT2D eigenvalue weighted by molar-refractivity contribution is 5.95. The minimum absolute atomic E-state index is 0.0124. The quantitative estimate of drug-likeness (QED) is 0.0341. The number of hydrogen-bond acceptors (Lipinski definition) is 8. The van der Waals surface area contributed by atoms with Gasteiger partial charge in [0.15, 0.2) is 6.61 Å². The van der Waals surface area contributed by atoms with Gasteiger partial charge in [-0.15, -0.1) is 0 Å². The molecule has 320 valence electrons. The van der Waals surface area contributed by atoms with Crippen molar-refractivity contribution in [3.63, 3.8) is 0 Å². The van der Waals surface area contributed by atoms with Crippen LogP contribution in [0.1, 0.15) is 119 Å². The van der Waals surface area contributed by atoms with E-state index in [-0.39, 0.29) is 49.2 Å². The van der Waals surface area contributed by atoms with Gasteiger partial charge in [-0.3, -0.25) is 28.8 Å². The van der Waals surface area contributed by atoms with Crippen LogP contribution in [0.15, 0.2) is 78.9 Å². The molecule has 0 unspecified atom stereocenters. The van der Waals surface area contributed by atoms with Gasteiger partial charge in [0.1, 0.15) is 12.4 Å². The Hall–Kier alpha value is -5.72. The second kappa shape index (κ2) is 29.5. The molecule has 0 saturated carbocycles. The van der Waals surface area contributed by atoms with Crippen LogP contribution in [0, 0.1) is 0 Å². The summed E-state index contributed by atoms with van der Waals surface area (Å²) in [5, 5.41) is 20.2. The summed E-state index contributed by atoms with van der Waals surface area (Å²) in [4.78, 5) is 71.6. The Bertz CT molecular complexity index is 1720. The summed E-state index contributed by atoms with van der Waals surface area (Å²) in [5.41, 5.74) is 3.29. The maximum absolute atomic E-state index is 12.8. The second-order valence-electron chi connectivity index (χ2n) is 14.5. The number of aliphatic carboxylic acids is 1. The Morgan fingerprint density at radius 1 is 0.492 bits per heavy atom. The van der Waals surface area contributed by atoms with Crippen molar-refractivity contribution >= 4 is 35.6 Å². The first-order valence-electron chi connectivity index (χ1n) is 21.0. The van der Waals surface area contributed by atoms with Gasteiger partial charge in [0.2, 0.25) is 11.8 Å². The molecule has 0 saturated heterocycles. The van der Waals surface area contributed by atoms with E-state index < -0.39 is 5.97 Å². The second-order valence-corrected chi connectivity index (χ2v) is 14.5.